The highest BCUT2D eigenvalue weighted by Gasteiger charge is 2.33. The van der Waals surface area contributed by atoms with E-state index < -0.39 is 11.7 Å². The Bertz CT molecular complexity index is 583. The Morgan fingerprint density at radius 2 is 2.00 bits per heavy atom. The Morgan fingerprint density at radius 1 is 1.26 bits per heavy atom. The molecule has 102 valence electrons. The standard InChI is InChI=1S/C12H8BrClF3NS/c13-11-3-7(6-19-11)5-18-8-1-2-10(14)9(4-8)12(15,16)17/h1-4,6,18H,5H2. The van der Waals surface area contributed by atoms with Crippen molar-refractivity contribution in [3.05, 3.63) is 49.6 Å². The molecule has 0 radical (unpaired) electrons. The first-order chi connectivity index (χ1) is 8.86. The normalized spacial score (nSPS) is 11.6. The number of halogens is 5. The highest BCUT2D eigenvalue weighted by Crippen LogP contribution is 2.36. The van der Waals surface area contributed by atoms with Crippen molar-refractivity contribution in [1.82, 2.24) is 0 Å². The third-order valence-corrected chi connectivity index (χ3v) is 4.27. The first-order valence-electron chi connectivity index (χ1n) is 5.20. The second-order valence-electron chi connectivity index (χ2n) is 3.81. The maximum absolute atomic E-state index is 12.7. The summed E-state index contributed by atoms with van der Waals surface area (Å²) in [5.41, 5.74) is 0.560. The summed E-state index contributed by atoms with van der Waals surface area (Å²) in [6.45, 7) is 0.459. The maximum Gasteiger partial charge on any atom is 0.417 e. The van der Waals surface area contributed by atoms with Crippen LogP contribution < -0.4 is 5.32 Å². The highest BCUT2D eigenvalue weighted by atomic mass is 79.9. The second-order valence-corrected chi connectivity index (χ2v) is 6.50. The maximum atomic E-state index is 12.7. The zero-order chi connectivity index (χ0) is 14.0. The van der Waals surface area contributed by atoms with Crippen molar-refractivity contribution in [1.29, 1.82) is 0 Å². The van der Waals surface area contributed by atoms with Crippen LogP contribution in [0, 0.1) is 0 Å². The van der Waals surface area contributed by atoms with E-state index in [-0.39, 0.29) is 5.02 Å². The molecule has 0 amide bonds. The molecule has 7 heteroatoms. The fourth-order valence-corrected chi connectivity index (χ4v) is 2.93. The predicted molar refractivity (Wildman–Crippen MR) is 75.8 cm³/mol. The second kappa shape index (κ2) is 5.73. The van der Waals surface area contributed by atoms with E-state index >= 15 is 0 Å². The lowest BCUT2D eigenvalue weighted by molar-refractivity contribution is -0.137. The zero-order valence-corrected chi connectivity index (χ0v) is 12.6. The highest BCUT2D eigenvalue weighted by molar-refractivity contribution is 9.11. The van der Waals surface area contributed by atoms with Crippen molar-refractivity contribution in [2.75, 3.05) is 5.32 Å². The van der Waals surface area contributed by atoms with Crippen molar-refractivity contribution in [2.45, 2.75) is 12.7 Å². The number of thiophene rings is 1. The minimum atomic E-state index is -4.44. The van der Waals surface area contributed by atoms with E-state index in [9.17, 15) is 13.2 Å². The minimum absolute atomic E-state index is 0.295. The summed E-state index contributed by atoms with van der Waals surface area (Å²) in [5.74, 6) is 0. The van der Waals surface area contributed by atoms with E-state index in [1.165, 1.54) is 23.5 Å². The van der Waals surface area contributed by atoms with Gasteiger partial charge in [-0.1, -0.05) is 11.6 Å². The minimum Gasteiger partial charge on any atom is -0.381 e. The summed E-state index contributed by atoms with van der Waals surface area (Å²) in [7, 11) is 0. The lowest BCUT2D eigenvalue weighted by Crippen LogP contribution is -2.07. The van der Waals surface area contributed by atoms with Crippen molar-refractivity contribution < 1.29 is 13.2 Å². The van der Waals surface area contributed by atoms with Crippen LogP contribution >= 0.6 is 38.9 Å². The van der Waals surface area contributed by atoms with E-state index in [4.69, 9.17) is 11.6 Å². The Kier molecular flexibility index (Phi) is 4.43. The van der Waals surface area contributed by atoms with E-state index in [1.54, 1.807) is 0 Å². The van der Waals surface area contributed by atoms with E-state index in [1.807, 2.05) is 11.4 Å². The fraction of sp³-hybridized carbons (Fsp3) is 0.167. The number of rotatable bonds is 3. The van der Waals surface area contributed by atoms with Gasteiger partial charge in [0, 0.05) is 12.2 Å². The number of anilines is 1. The number of benzene rings is 1. The average Bonchev–Trinajstić information content (AvgIpc) is 2.72. The third-order valence-electron chi connectivity index (χ3n) is 2.39. The molecule has 0 fully saturated rings. The molecule has 1 nitrogen and oxygen atoms in total. The summed E-state index contributed by atoms with van der Waals surface area (Å²) < 4.78 is 39.0. The number of nitrogens with one attached hydrogen (secondary N) is 1. The molecule has 0 aliphatic heterocycles. The summed E-state index contributed by atoms with van der Waals surface area (Å²) in [5, 5.41) is 4.57. The van der Waals surface area contributed by atoms with Gasteiger partial charge >= 0.3 is 6.18 Å². The predicted octanol–water partition coefficient (Wildman–Crippen LogP) is 5.79. The van der Waals surface area contributed by atoms with Crippen LogP contribution in [0.5, 0.6) is 0 Å². The number of hydrogen-bond donors (Lipinski definition) is 1. The molecule has 2 aromatic rings. The van der Waals surface area contributed by atoms with Crippen molar-refractivity contribution in [2.24, 2.45) is 0 Å². The molecule has 0 saturated heterocycles. The van der Waals surface area contributed by atoms with E-state index in [2.05, 4.69) is 21.2 Å². The molecule has 1 N–H and O–H groups in total. The van der Waals surface area contributed by atoms with Crippen LogP contribution in [-0.4, -0.2) is 0 Å². The summed E-state index contributed by atoms with van der Waals surface area (Å²) in [6, 6.07) is 5.71. The smallest absolute Gasteiger partial charge is 0.381 e. The SMILES string of the molecule is FC(F)(F)c1cc(NCc2csc(Br)c2)ccc1Cl. The lowest BCUT2D eigenvalue weighted by atomic mass is 10.2. The van der Waals surface area contributed by atoms with Crippen molar-refractivity contribution in [3.8, 4) is 0 Å². The van der Waals surface area contributed by atoms with Gasteiger partial charge in [-0.3, -0.25) is 0 Å². The molecule has 0 aliphatic rings. The summed E-state index contributed by atoms with van der Waals surface area (Å²) in [6.07, 6.45) is -4.44. The Balaban J connectivity index is 2.13. The van der Waals surface area contributed by atoms with Gasteiger partial charge in [0.15, 0.2) is 0 Å². The van der Waals surface area contributed by atoms with Crippen LogP contribution in [0.4, 0.5) is 18.9 Å². The Morgan fingerprint density at radius 3 is 2.58 bits per heavy atom. The van der Waals surface area contributed by atoms with Gasteiger partial charge in [0.05, 0.1) is 14.4 Å². The zero-order valence-electron chi connectivity index (χ0n) is 9.39. The van der Waals surface area contributed by atoms with Gasteiger partial charge in [0.2, 0.25) is 0 Å². The van der Waals surface area contributed by atoms with Crippen LogP contribution in [0.15, 0.2) is 33.4 Å². The first kappa shape index (κ1) is 14.7. The molecular weight excluding hydrogens is 363 g/mol. The quantitative estimate of drug-likeness (QED) is 0.720. The summed E-state index contributed by atoms with van der Waals surface area (Å²) >= 11 is 10.4. The molecule has 1 heterocycles. The third kappa shape index (κ3) is 3.87. The van der Waals surface area contributed by atoms with E-state index in [0.717, 1.165) is 15.4 Å². The Hall–Kier alpha value is -0.720. The summed E-state index contributed by atoms with van der Waals surface area (Å²) in [4.78, 5) is 0. The van der Waals surface area contributed by atoms with Crippen LogP contribution in [0.25, 0.3) is 0 Å². The first-order valence-corrected chi connectivity index (χ1v) is 7.25. The Labute approximate surface area is 125 Å². The molecule has 0 aliphatic carbocycles. The lowest BCUT2D eigenvalue weighted by Gasteiger charge is -2.12. The molecule has 0 saturated carbocycles. The molecule has 2 rings (SSSR count). The van der Waals surface area contributed by atoms with Crippen LogP contribution in [0.1, 0.15) is 11.1 Å². The molecular formula is C12H8BrClF3NS. The van der Waals surface area contributed by atoms with Crippen molar-refractivity contribution >= 4 is 44.6 Å². The molecule has 1 aromatic heterocycles. The van der Waals surface area contributed by atoms with Gasteiger partial charge in [-0.15, -0.1) is 11.3 Å². The van der Waals surface area contributed by atoms with Gasteiger partial charge in [-0.25, -0.2) is 0 Å². The van der Waals surface area contributed by atoms with Gasteiger partial charge in [-0.05, 0) is 51.1 Å². The molecule has 0 unspecified atom stereocenters. The molecule has 0 atom stereocenters. The van der Waals surface area contributed by atoms with Crippen molar-refractivity contribution in [3.63, 3.8) is 0 Å². The largest absolute Gasteiger partial charge is 0.417 e. The number of hydrogen-bond acceptors (Lipinski definition) is 2. The molecule has 1 aromatic carbocycles. The molecule has 19 heavy (non-hydrogen) atoms. The average molecular weight is 371 g/mol. The topological polar surface area (TPSA) is 12.0 Å². The van der Waals surface area contributed by atoms with Crippen LogP contribution in [-0.2, 0) is 12.7 Å². The van der Waals surface area contributed by atoms with Crippen LogP contribution in [0.3, 0.4) is 0 Å². The van der Waals surface area contributed by atoms with Gasteiger partial charge < -0.3 is 5.32 Å². The van der Waals surface area contributed by atoms with E-state index in [0.29, 0.717) is 12.2 Å². The molecule has 0 spiro atoms. The fourth-order valence-electron chi connectivity index (χ4n) is 1.50. The van der Waals surface area contributed by atoms with Gasteiger partial charge in [0.1, 0.15) is 0 Å². The van der Waals surface area contributed by atoms with Gasteiger partial charge in [0.25, 0.3) is 0 Å². The van der Waals surface area contributed by atoms with Gasteiger partial charge in [-0.2, -0.15) is 13.2 Å². The van der Waals surface area contributed by atoms with Crippen LogP contribution in [0.2, 0.25) is 5.02 Å². The monoisotopic (exact) mass is 369 g/mol. The number of alkyl halides is 3. The molecule has 0 bridgehead atoms.